The van der Waals surface area contributed by atoms with Crippen LogP contribution in [0.1, 0.15) is 219 Å². The van der Waals surface area contributed by atoms with Crippen LogP contribution in [0.3, 0.4) is 0 Å². The summed E-state index contributed by atoms with van der Waals surface area (Å²) in [5, 5.41) is 26.2. The summed E-state index contributed by atoms with van der Waals surface area (Å²) in [5.41, 5.74) is 0. The maximum absolute atomic E-state index is 12.1. The molecule has 12 heteroatoms. The highest BCUT2D eigenvalue weighted by molar-refractivity contribution is 7.46. The Morgan fingerprint density at radius 1 is 0.481 bits per heavy atom. The largest absolute Gasteiger partial charge is 0.469 e. The second-order valence-corrected chi connectivity index (χ2v) is 16.2. The molecule has 0 aliphatic heterocycles. The van der Waals surface area contributed by atoms with Gasteiger partial charge in [0.25, 0.3) is 0 Å². The van der Waals surface area contributed by atoms with Gasteiger partial charge < -0.3 is 34.6 Å². The van der Waals surface area contributed by atoms with E-state index >= 15 is 0 Å². The lowest BCUT2D eigenvalue weighted by Crippen LogP contribution is -2.28. The van der Waals surface area contributed by atoms with Crippen molar-refractivity contribution in [2.24, 2.45) is 0 Å². The number of hydrogen-bond donors (Lipinski definition) is 5. The number of ether oxygens (including phenoxy) is 2. The third-order valence-corrected chi connectivity index (χ3v) is 10.0. The third kappa shape index (κ3) is 47.1. The van der Waals surface area contributed by atoms with Crippen LogP contribution in [0.2, 0.25) is 0 Å². The monoisotopic (exact) mass is 797 g/mol. The van der Waals surface area contributed by atoms with Crippen molar-refractivity contribution in [3.8, 4) is 0 Å². The average Bonchev–Trinajstić information content (AvgIpc) is 3.15. The molecule has 54 heavy (non-hydrogen) atoms. The molecule has 0 saturated carbocycles. The van der Waals surface area contributed by atoms with E-state index in [-0.39, 0.29) is 25.2 Å². The number of hydrogen-bond acceptors (Lipinski definition) is 9. The van der Waals surface area contributed by atoms with Gasteiger partial charge in [0.1, 0.15) is 12.7 Å². The van der Waals surface area contributed by atoms with Crippen molar-refractivity contribution in [2.75, 3.05) is 26.4 Å². The molecule has 5 N–H and O–H groups in total. The van der Waals surface area contributed by atoms with Gasteiger partial charge >= 0.3 is 19.8 Å². The van der Waals surface area contributed by atoms with Crippen molar-refractivity contribution in [2.45, 2.75) is 232 Å². The molecule has 324 valence electrons. The Bertz CT molecular complexity index is 839. The normalized spacial score (nSPS) is 12.6. The quantitative estimate of drug-likeness (QED) is 0.0226. The van der Waals surface area contributed by atoms with E-state index in [0.717, 1.165) is 32.1 Å². The minimum Gasteiger partial charge on any atom is -0.462 e. The highest BCUT2D eigenvalue weighted by Crippen LogP contribution is 2.35. The first-order chi connectivity index (χ1) is 26.1. The van der Waals surface area contributed by atoms with Crippen molar-refractivity contribution in [3.05, 3.63) is 0 Å². The van der Waals surface area contributed by atoms with Crippen LogP contribution in [-0.2, 0) is 28.2 Å². The molecule has 0 aliphatic carbocycles. The number of carbonyl (C=O) groups excluding carboxylic acids is 2. The summed E-state index contributed by atoms with van der Waals surface area (Å²) in [7, 11) is -4.50. The molecule has 0 saturated heterocycles. The van der Waals surface area contributed by atoms with E-state index in [1.807, 2.05) is 0 Å². The molecule has 2 atom stereocenters. The van der Waals surface area contributed by atoms with Crippen molar-refractivity contribution >= 4 is 19.8 Å². The molecular formula is C42H85O11P. The number of unbranched alkanes of at least 4 members (excludes halogenated alkanes) is 28. The number of aliphatic hydroxyl groups excluding tert-OH is 3. The Balaban J connectivity index is 0. The van der Waals surface area contributed by atoms with Crippen molar-refractivity contribution < 1.29 is 53.3 Å². The summed E-state index contributed by atoms with van der Waals surface area (Å²) in [6.45, 7) is 3.01. The first kappa shape index (κ1) is 55.0. The van der Waals surface area contributed by atoms with Gasteiger partial charge in [-0.15, -0.1) is 0 Å². The Hall–Kier alpha value is -1.07. The highest BCUT2D eigenvalue weighted by Gasteiger charge is 2.17. The fraction of sp³-hybridized carbons (Fsp3) is 0.952. The van der Waals surface area contributed by atoms with Gasteiger partial charge in [0.15, 0.2) is 6.10 Å². The van der Waals surface area contributed by atoms with E-state index in [2.05, 4.69) is 18.4 Å². The van der Waals surface area contributed by atoms with Gasteiger partial charge in [-0.2, -0.15) is 0 Å². The Morgan fingerprint density at radius 2 is 0.796 bits per heavy atom. The summed E-state index contributed by atoms with van der Waals surface area (Å²) in [6, 6.07) is 0. The minimum atomic E-state index is -4.50. The molecule has 0 spiro atoms. The Kier molecular flexibility index (Phi) is 43.9. The standard InChI is InChI=1S/C39H76O5.C3H9O6P/c1-3-5-7-9-11-13-15-17-19-21-23-25-27-29-31-33-38(41)43-36-37(35-40)44-39(42)34-32-30-28-26-24-22-20-18-16-14-12-10-8-6-4-2;4-1-3(5)2-9-10(6,7)8/h37,40H,3-36H2,1-2H3;3-5H,1-2H2,(H2,6,7,8). The zero-order chi connectivity index (χ0) is 40.4. The van der Waals surface area contributed by atoms with Crippen LogP contribution in [0, 0.1) is 0 Å². The van der Waals surface area contributed by atoms with Gasteiger partial charge in [-0.05, 0) is 12.8 Å². The molecule has 0 aromatic heterocycles. The number of esters is 2. The van der Waals surface area contributed by atoms with Crippen LogP contribution in [0.15, 0.2) is 0 Å². The Labute approximate surface area is 330 Å². The zero-order valence-corrected chi connectivity index (χ0v) is 35.6. The molecule has 0 rings (SSSR count). The van der Waals surface area contributed by atoms with E-state index in [4.69, 9.17) is 29.5 Å². The van der Waals surface area contributed by atoms with E-state index < -0.39 is 33.2 Å². The first-order valence-electron chi connectivity index (χ1n) is 22.0. The lowest BCUT2D eigenvalue weighted by Gasteiger charge is -2.15. The van der Waals surface area contributed by atoms with E-state index in [1.54, 1.807) is 0 Å². The van der Waals surface area contributed by atoms with Crippen LogP contribution in [0.25, 0.3) is 0 Å². The molecule has 11 nitrogen and oxygen atoms in total. The van der Waals surface area contributed by atoms with Gasteiger partial charge in [0.2, 0.25) is 0 Å². The maximum Gasteiger partial charge on any atom is 0.469 e. The average molecular weight is 797 g/mol. The zero-order valence-electron chi connectivity index (χ0n) is 34.7. The van der Waals surface area contributed by atoms with Crippen LogP contribution in [-0.4, -0.2) is 75.7 Å². The van der Waals surface area contributed by atoms with Gasteiger partial charge in [0.05, 0.1) is 19.8 Å². The molecular weight excluding hydrogens is 711 g/mol. The van der Waals surface area contributed by atoms with Crippen LogP contribution in [0.4, 0.5) is 0 Å². The van der Waals surface area contributed by atoms with Gasteiger partial charge in [-0.3, -0.25) is 14.1 Å². The molecule has 0 aliphatic rings. The summed E-state index contributed by atoms with van der Waals surface area (Å²) in [6.07, 6.45) is 37.5. The second-order valence-electron chi connectivity index (χ2n) is 15.0. The molecule has 2 unspecified atom stereocenters. The third-order valence-electron chi connectivity index (χ3n) is 9.55. The molecule has 0 aromatic rings. The van der Waals surface area contributed by atoms with Crippen molar-refractivity contribution in [3.63, 3.8) is 0 Å². The number of aliphatic hydroxyl groups is 3. The van der Waals surface area contributed by atoms with E-state index in [0.29, 0.717) is 12.8 Å². The fourth-order valence-electron chi connectivity index (χ4n) is 6.14. The number of phosphoric ester groups is 1. The van der Waals surface area contributed by atoms with E-state index in [1.165, 1.54) is 161 Å². The molecule has 0 fully saturated rings. The summed E-state index contributed by atoms with van der Waals surface area (Å²) in [5.74, 6) is -0.575. The van der Waals surface area contributed by atoms with Crippen LogP contribution < -0.4 is 0 Å². The van der Waals surface area contributed by atoms with Crippen molar-refractivity contribution in [1.29, 1.82) is 0 Å². The molecule has 0 heterocycles. The SMILES string of the molecule is CCCCCCCCCCCCCCCCCC(=O)OCC(CO)OC(=O)CCCCCCCCCCCCCCCCC.O=P(O)(O)OCC(O)CO. The van der Waals surface area contributed by atoms with E-state index in [9.17, 15) is 19.3 Å². The predicted molar refractivity (Wildman–Crippen MR) is 218 cm³/mol. The summed E-state index contributed by atoms with van der Waals surface area (Å²) >= 11 is 0. The lowest BCUT2D eigenvalue weighted by molar-refractivity contribution is -0.161. The van der Waals surface area contributed by atoms with Crippen LogP contribution >= 0.6 is 7.82 Å². The van der Waals surface area contributed by atoms with Crippen LogP contribution in [0.5, 0.6) is 0 Å². The number of carbonyl (C=O) groups is 2. The molecule has 0 amide bonds. The lowest BCUT2D eigenvalue weighted by atomic mass is 10.0. The summed E-state index contributed by atoms with van der Waals surface area (Å²) < 4.78 is 24.4. The predicted octanol–water partition coefficient (Wildman–Crippen LogP) is 10.4. The Morgan fingerprint density at radius 3 is 1.09 bits per heavy atom. The smallest absolute Gasteiger partial charge is 0.462 e. The minimum absolute atomic E-state index is 0.0569. The maximum atomic E-state index is 12.1. The molecule has 0 radical (unpaired) electrons. The molecule has 0 aromatic carbocycles. The number of rotatable bonds is 40. The van der Waals surface area contributed by atoms with Crippen molar-refractivity contribution in [1.82, 2.24) is 0 Å². The first-order valence-corrected chi connectivity index (χ1v) is 23.6. The molecule has 0 bridgehead atoms. The highest BCUT2D eigenvalue weighted by atomic mass is 31.2. The number of phosphoric acid groups is 1. The van der Waals surface area contributed by atoms with Gasteiger partial charge in [0, 0.05) is 12.8 Å². The second kappa shape index (κ2) is 43.1. The fourth-order valence-corrected chi connectivity index (χ4v) is 6.51. The summed E-state index contributed by atoms with van der Waals surface area (Å²) in [4.78, 5) is 40.3. The van der Waals surface area contributed by atoms with Gasteiger partial charge in [-0.1, -0.05) is 194 Å². The topological polar surface area (TPSA) is 180 Å². The van der Waals surface area contributed by atoms with Gasteiger partial charge in [-0.25, -0.2) is 4.57 Å².